The summed E-state index contributed by atoms with van der Waals surface area (Å²) in [5.74, 6) is -0.0891. The standard InChI is InChI=1S/C19H18O5S/c1-23-19(20)15-11-9-14(10-12-15)18-17(8-5-13-24-18)25(21,22)16-6-3-2-4-7-16/h2-4,6-7,9-12H,5,8,13H2,1H3. The third kappa shape index (κ3) is 3.44. The molecule has 25 heavy (non-hydrogen) atoms. The number of sulfone groups is 1. The lowest BCUT2D eigenvalue weighted by atomic mass is 10.1. The number of benzene rings is 2. The first-order chi connectivity index (χ1) is 12.0. The maximum absolute atomic E-state index is 13.0. The lowest BCUT2D eigenvalue weighted by Crippen LogP contribution is -2.14. The molecule has 0 unspecified atom stereocenters. The van der Waals surface area contributed by atoms with Crippen LogP contribution in [0.4, 0.5) is 0 Å². The fourth-order valence-corrected chi connectivity index (χ4v) is 4.35. The van der Waals surface area contributed by atoms with Gasteiger partial charge in [-0.25, -0.2) is 13.2 Å². The third-order valence-electron chi connectivity index (χ3n) is 3.99. The fraction of sp³-hybridized carbons (Fsp3) is 0.211. The summed E-state index contributed by atoms with van der Waals surface area (Å²) in [4.78, 5) is 12.1. The molecule has 1 aliphatic rings. The molecule has 2 aromatic carbocycles. The van der Waals surface area contributed by atoms with E-state index in [9.17, 15) is 13.2 Å². The minimum Gasteiger partial charge on any atom is -0.492 e. The molecular weight excluding hydrogens is 340 g/mol. The predicted molar refractivity (Wildman–Crippen MR) is 93.5 cm³/mol. The number of carbonyl (C=O) groups excluding carboxylic acids is 1. The molecule has 5 nitrogen and oxygen atoms in total. The van der Waals surface area contributed by atoms with Crippen molar-refractivity contribution in [2.45, 2.75) is 17.7 Å². The summed E-state index contributed by atoms with van der Waals surface area (Å²) in [5, 5.41) is 0. The average Bonchev–Trinajstić information content (AvgIpc) is 2.68. The molecule has 0 N–H and O–H groups in total. The Hall–Kier alpha value is -2.60. The second kappa shape index (κ2) is 7.11. The number of esters is 1. The number of hydrogen-bond donors (Lipinski definition) is 0. The van der Waals surface area contributed by atoms with Gasteiger partial charge in [0.2, 0.25) is 9.84 Å². The van der Waals surface area contributed by atoms with E-state index >= 15 is 0 Å². The third-order valence-corrected chi connectivity index (χ3v) is 5.92. The molecule has 0 aliphatic carbocycles. The first kappa shape index (κ1) is 17.2. The van der Waals surface area contributed by atoms with Gasteiger partial charge >= 0.3 is 5.97 Å². The maximum atomic E-state index is 13.0. The number of allylic oxidation sites excluding steroid dienone is 1. The molecule has 0 bridgehead atoms. The van der Waals surface area contributed by atoms with E-state index in [1.165, 1.54) is 7.11 Å². The number of ether oxygens (including phenoxy) is 2. The average molecular weight is 358 g/mol. The van der Waals surface area contributed by atoms with Crippen LogP contribution in [0.3, 0.4) is 0 Å². The lowest BCUT2D eigenvalue weighted by molar-refractivity contribution is 0.0600. The maximum Gasteiger partial charge on any atom is 0.337 e. The Morgan fingerprint density at radius 3 is 2.36 bits per heavy atom. The van der Waals surface area contributed by atoms with Gasteiger partial charge in [-0.15, -0.1) is 0 Å². The highest BCUT2D eigenvalue weighted by Crippen LogP contribution is 2.34. The molecule has 0 saturated heterocycles. The van der Waals surface area contributed by atoms with Gasteiger partial charge in [0.25, 0.3) is 0 Å². The fourth-order valence-electron chi connectivity index (χ4n) is 2.72. The molecule has 0 radical (unpaired) electrons. The van der Waals surface area contributed by atoms with E-state index in [0.29, 0.717) is 36.3 Å². The van der Waals surface area contributed by atoms with Crippen LogP contribution >= 0.6 is 0 Å². The highest BCUT2D eigenvalue weighted by atomic mass is 32.2. The Morgan fingerprint density at radius 2 is 1.72 bits per heavy atom. The van der Waals surface area contributed by atoms with E-state index in [1.807, 2.05) is 0 Å². The van der Waals surface area contributed by atoms with Crippen LogP contribution in [0, 0.1) is 0 Å². The number of rotatable bonds is 4. The summed E-state index contributed by atoms with van der Waals surface area (Å²) in [6.45, 7) is 0.460. The van der Waals surface area contributed by atoms with E-state index in [4.69, 9.17) is 4.74 Å². The largest absolute Gasteiger partial charge is 0.492 e. The first-order valence-electron chi connectivity index (χ1n) is 7.89. The zero-order valence-electron chi connectivity index (χ0n) is 13.8. The Bertz CT molecular complexity index is 897. The first-order valence-corrected chi connectivity index (χ1v) is 9.37. The van der Waals surface area contributed by atoms with Crippen LogP contribution in [0.2, 0.25) is 0 Å². The monoisotopic (exact) mass is 358 g/mol. The van der Waals surface area contributed by atoms with Crippen molar-refractivity contribution in [2.75, 3.05) is 13.7 Å². The van der Waals surface area contributed by atoms with Crippen molar-refractivity contribution >= 4 is 21.6 Å². The van der Waals surface area contributed by atoms with Gasteiger partial charge in [-0.2, -0.15) is 0 Å². The second-order valence-corrected chi connectivity index (χ2v) is 7.56. The van der Waals surface area contributed by atoms with Gasteiger partial charge in [0, 0.05) is 5.56 Å². The van der Waals surface area contributed by atoms with Gasteiger partial charge in [-0.3, -0.25) is 0 Å². The molecule has 0 aromatic heterocycles. The Balaban J connectivity index is 2.06. The van der Waals surface area contributed by atoms with Gasteiger partial charge in [-0.05, 0) is 37.1 Å². The van der Waals surface area contributed by atoms with Gasteiger partial charge in [0.05, 0.1) is 29.1 Å². The molecule has 0 fully saturated rings. The lowest BCUT2D eigenvalue weighted by Gasteiger charge is -2.21. The normalized spacial score (nSPS) is 14.8. The molecule has 1 heterocycles. The zero-order valence-corrected chi connectivity index (χ0v) is 14.6. The van der Waals surface area contributed by atoms with E-state index < -0.39 is 15.8 Å². The molecule has 3 rings (SSSR count). The summed E-state index contributed by atoms with van der Waals surface area (Å²) >= 11 is 0. The van der Waals surface area contributed by atoms with Gasteiger partial charge < -0.3 is 9.47 Å². The molecular formula is C19H18O5S. The molecule has 0 atom stereocenters. The topological polar surface area (TPSA) is 69.7 Å². The van der Waals surface area contributed by atoms with Crippen LogP contribution in [-0.4, -0.2) is 28.1 Å². The summed E-state index contributed by atoms with van der Waals surface area (Å²) in [6, 6.07) is 14.9. The highest BCUT2D eigenvalue weighted by molar-refractivity contribution is 7.95. The van der Waals surface area contributed by atoms with E-state index in [2.05, 4.69) is 4.74 Å². The SMILES string of the molecule is COC(=O)c1ccc(C2=C(S(=O)(=O)c3ccccc3)CCCO2)cc1. The Kier molecular flexibility index (Phi) is 4.90. The molecule has 1 aliphatic heterocycles. The van der Waals surface area contributed by atoms with E-state index in [1.54, 1.807) is 54.6 Å². The molecule has 0 saturated carbocycles. The van der Waals surface area contributed by atoms with Crippen LogP contribution in [0.1, 0.15) is 28.8 Å². The summed E-state index contributed by atoms with van der Waals surface area (Å²) < 4.78 is 36.3. The van der Waals surface area contributed by atoms with Crippen molar-refractivity contribution in [1.29, 1.82) is 0 Å². The van der Waals surface area contributed by atoms with Gasteiger partial charge in [0.1, 0.15) is 5.76 Å². The molecule has 0 spiro atoms. The minimum atomic E-state index is -3.63. The van der Waals surface area contributed by atoms with Crippen LogP contribution in [-0.2, 0) is 19.3 Å². The summed E-state index contributed by atoms with van der Waals surface area (Å²) in [7, 11) is -2.31. The summed E-state index contributed by atoms with van der Waals surface area (Å²) in [5.41, 5.74) is 1.02. The van der Waals surface area contributed by atoms with Gasteiger partial charge in [-0.1, -0.05) is 30.3 Å². The van der Waals surface area contributed by atoms with Crippen molar-refractivity contribution in [3.05, 3.63) is 70.6 Å². The minimum absolute atomic E-state index is 0.249. The number of methoxy groups -OCH3 is 1. The number of carbonyl (C=O) groups is 1. The van der Waals surface area contributed by atoms with Crippen LogP contribution in [0.15, 0.2) is 64.4 Å². The van der Waals surface area contributed by atoms with Crippen LogP contribution in [0.25, 0.3) is 5.76 Å². The summed E-state index contributed by atoms with van der Waals surface area (Å²) in [6.07, 6.45) is 1.07. The van der Waals surface area contributed by atoms with Crippen molar-refractivity contribution in [2.24, 2.45) is 0 Å². The van der Waals surface area contributed by atoms with Crippen molar-refractivity contribution in [3.63, 3.8) is 0 Å². The van der Waals surface area contributed by atoms with E-state index in [-0.39, 0.29) is 9.80 Å². The Morgan fingerprint density at radius 1 is 1.04 bits per heavy atom. The molecule has 2 aromatic rings. The van der Waals surface area contributed by atoms with E-state index in [0.717, 1.165) is 0 Å². The zero-order chi connectivity index (χ0) is 17.9. The van der Waals surface area contributed by atoms with Gasteiger partial charge in [0.15, 0.2) is 0 Å². The second-order valence-electron chi connectivity index (χ2n) is 5.59. The van der Waals surface area contributed by atoms with Crippen LogP contribution in [0.5, 0.6) is 0 Å². The Labute approximate surface area is 146 Å². The quantitative estimate of drug-likeness (QED) is 0.783. The van der Waals surface area contributed by atoms with Crippen molar-refractivity contribution < 1.29 is 22.7 Å². The molecule has 0 amide bonds. The molecule has 130 valence electrons. The molecule has 6 heteroatoms. The van der Waals surface area contributed by atoms with Crippen molar-refractivity contribution in [1.82, 2.24) is 0 Å². The predicted octanol–water partition coefficient (Wildman–Crippen LogP) is 3.43. The smallest absolute Gasteiger partial charge is 0.337 e. The number of hydrogen-bond acceptors (Lipinski definition) is 5. The highest BCUT2D eigenvalue weighted by Gasteiger charge is 2.28. The van der Waals surface area contributed by atoms with Crippen LogP contribution < -0.4 is 0 Å². The van der Waals surface area contributed by atoms with Crippen molar-refractivity contribution in [3.8, 4) is 0 Å².